The monoisotopic (exact) mass is 452 g/mol. The van der Waals surface area contributed by atoms with Gasteiger partial charge in [-0.3, -0.25) is 4.79 Å². The second kappa shape index (κ2) is 8.17. The summed E-state index contributed by atoms with van der Waals surface area (Å²) in [6, 6.07) is 12.3. The van der Waals surface area contributed by atoms with Crippen molar-refractivity contribution in [3.05, 3.63) is 66.1 Å². The number of benzene rings is 1. The van der Waals surface area contributed by atoms with Gasteiger partial charge in [-0.25, -0.2) is 9.97 Å². The fourth-order valence-electron chi connectivity index (χ4n) is 5.31. The van der Waals surface area contributed by atoms with Crippen molar-refractivity contribution in [3.63, 3.8) is 0 Å². The zero-order valence-electron chi connectivity index (χ0n) is 19.5. The minimum atomic E-state index is -0.0587. The van der Waals surface area contributed by atoms with Gasteiger partial charge in [-0.15, -0.1) is 0 Å². The molecule has 1 fully saturated rings. The predicted molar refractivity (Wildman–Crippen MR) is 135 cm³/mol. The molecule has 2 aliphatic rings. The summed E-state index contributed by atoms with van der Waals surface area (Å²) in [6.07, 6.45) is 8.29. The van der Waals surface area contributed by atoms with Gasteiger partial charge >= 0.3 is 0 Å². The molecule has 3 aromatic heterocycles. The van der Waals surface area contributed by atoms with E-state index in [1.54, 1.807) is 0 Å². The SMILES string of the molecule is C[C@H]1CCCN(c2ccc(Nc3ccc(-c4ccnc5c4ccn5C)c4c3C(=O)NC4)nc2)C1. The largest absolute Gasteiger partial charge is 0.370 e. The first-order valence-corrected chi connectivity index (χ1v) is 11.9. The van der Waals surface area contributed by atoms with E-state index in [4.69, 9.17) is 0 Å². The van der Waals surface area contributed by atoms with Gasteiger partial charge in [0.25, 0.3) is 5.91 Å². The van der Waals surface area contributed by atoms with E-state index in [0.717, 1.165) is 58.0 Å². The van der Waals surface area contributed by atoms with E-state index in [9.17, 15) is 4.79 Å². The summed E-state index contributed by atoms with van der Waals surface area (Å²) in [5.74, 6) is 1.39. The van der Waals surface area contributed by atoms with Crippen LogP contribution < -0.4 is 15.5 Å². The molecule has 1 amide bonds. The molecule has 34 heavy (non-hydrogen) atoms. The summed E-state index contributed by atoms with van der Waals surface area (Å²) in [6.45, 7) is 4.97. The van der Waals surface area contributed by atoms with E-state index in [2.05, 4.69) is 50.6 Å². The Morgan fingerprint density at radius 1 is 1.09 bits per heavy atom. The van der Waals surface area contributed by atoms with E-state index in [1.165, 1.54) is 12.8 Å². The molecule has 4 aromatic rings. The number of pyridine rings is 2. The van der Waals surface area contributed by atoms with Crippen molar-refractivity contribution < 1.29 is 4.79 Å². The molecule has 2 N–H and O–H groups in total. The molecule has 172 valence electrons. The Balaban J connectivity index is 1.33. The highest BCUT2D eigenvalue weighted by atomic mass is 16.1. The minimum Gasteiger partial charge on any atom is -0.370 e. The lowest BCUT2D eigenvalue weighted by Gasteiger charge is -2.32. The second-order valence-electron chi connectivity index (χ2n) is 9.44. The van der Waals surface area contributed by atoms with Crippen LogP contribution in [0.1, 0.15) is 35.7 Å². The molecule has 7 heteroatoms. The highest BCUT2D eigenvalue weighted by molar-refractivity contribution is 6.07. The van der Waals surface area contributed by atoms with Crippen molar-refractivity contribution in [2.75, 3.05) is 23.3 Å². The number of anilines is 3. The van der Waals surface area contributed by atoms with Crippen molar-refractivity contribution in [1.29, 1.82) is 0 Å². The van der Waals surface area contributed by atoms with E-state index in [-0.39, 0.29) is 5.91 Å². The Labute approximate surface area is 198 Å². The Hall–Kier alpha value is -3.87. The van der Waals surface area contributed by atoms with E-state index >= 15 is 0 Å². The van der Waals surface area contributed by atoms with Gasteiger partial charge < -0.3 is 20.1 Å². The number of hydrogen-bond donors (Lipinski definition) is 2. The lowest BCUT2D eigenvalue weighted by atomic mass is 9.94. The maximum Gasteiger partial charge on any atom is 0.254 e. The summed E-state index contributed by atoms with van der Waals surface area (Å²) in [5, 5.41) is 7.47. The number of nitrogens with zero attached hydrogens (tertiary/aromatic N) is 4. The molecule has 0 spiro atoms. The molecule has 0 radical (unpaired) electrons. The summed E-state index contributed by atoms with van der Waals surface area (Å²) in [5.41, 5.74) is 6.69. The first-order valence-electron chi connectivity index (χ1n) is 11.9. The van der Waals surface area contributed by atoms with Crippen molar-refractivity contribution in [2.24, 2.45) is 13.0 Å². The minimum absolute atomic E-state index is 0.0587. The zero-order chi connectivity index (χ0) is 23.2. The second-order valence-corrected chi connectivity index (χ2v) is 9.44. The van der Waals surface area contributed by atoms with Gasteiger partial charge in [0, 0.05) is 44.5 Å². The van der Waals surface area contributed by atoms with Crippen molar-refractivity contribution in [1.82, 2.24) is 19.9 Å². The molecule has 0 bridgehead atoms. The lowest BCUT2D eigenvalue weighted by Crippen LogP contribution is -2.34. The first-order chi connectivity index (χ1) is 16.6. The number of rotatable bonds is 4. The van der Waals surface area contributed by atoms with Crippen LogP contribution >= 0.6 is 0 Å². The smallest absolute Gasteiger partial charge is 0.254 e. The number of hydrogen-bond acceptors (Lipinski definition) is 5. The van der Waals surface area contributed by atoms with Gasteiger partial charge in [-0.05, 0) is 65.8 Å². The highest BCUT2D eigenvalue weighted by Crippen LogP contribution is 2.37. The van der Waals surface area contributed by atoms with Crippen molar-refractivity contribution in [3.8, 4) is 11.1 Å². The van der Waals surface area contributed by atoms with Crippen LogP contribution in [0, 0.1) is 5.92 Å². The molecule has 1 aromatic carbocycles. The van der Waals surface area contributed by atoms with Gasteiger partial charge in [0.05, 0.1) is 23.1 Å². The van der Waals surface area contributed by atoms with Crippen molar-refractivity contribution >= 4 is 34.1 Å². The molecule has 0 saturated carbocycles. The van der Waals surface area contributed by atoms with Gasteiger partial charge in [0.1, 0.15) is 11.5 Å². The molecule has 2 aliphatic heterocycles. The standard InChI is InChI=1S/C27H28N6O/c1-17-4-3-12-33(16-17)18-5-8-24(29-14-18)31-23-7-6-19(22-15-30-27(34)25(22)23)20-9-11-28-26-21(20)10-13-32(26)2/h5-11,13-14,17H,3-4,12,15-16H2,1-2H3,(H,29,31)(H,30,34)/t17-/m0/s1. The maximum absolute atomic E-state index is 12.8. The molecule has 0 aliphatic carbocycles. The zero-order valence-corrected chi connectivity index (χ0v) is 19.5. The van der Waals surface area contributed by atoms with Crippen LogP contribution in [0.4, 0.5) is 17.2 Å². The van der Waals surface area contributed by atoms with Crippen LogP contribution in [0.3, 0.4) is 0 Å². The molecule has 7 nitrogen and oxygen atoms in total. The third-order valence-corrected chi connectivity index (χ3v) is 7.06. The molecule has 0 unspecified atom stereocenters. The van der Waals surface area contributed by atoms with Gasteiger partial charge in [-0.2, -0.15) is 0 Å². The van der Waals surface area contributed by atoms with Crippen LogP contribution in [-0.4, -0.2) is 33.5 Å². The van der Waals surface area contributed by atoms with Gasteiger partial charge in [0.2, 0.25) is 0 Å². The topological polar surface area (TPSA) is 75.1 Å². The predicted octanol–water partition coefficient (Wildman–Crippen LogP) is 4.86. The summed E-state index contributed by atoms with van der Waals surface area (Å²) in [7, 11) is 1.99. The average Bonchev–Trinajstić information content (AvgIpc) is 3.43. The molecule has 1 atom stereocenters. The van der Waals surface area contributed by atoms with Crippen molar-refractivity contribution in [2.45, 2.75) is 26.3 Å². The Morgan fingerprint density at radius 2 is 2.00 bits per heavy atom. The Morgan fingerprint density at radius 3 is 2.82 bits per heavy atom. The highest BCUT2D eigenvalue weighted by Gasteiger charge is 2.27. The lowest BCUT2D eigenvalue weighted by molar-refractivity contribution is 0.0966. The third-order valence-electron chi connectivity index (χ3n) is 7.06. The Kier molecular flexibility index (Phi) is 4.98. The molecular formula is C27H28N6O. The fraction of sp³-hybridized carbons (Fsp3) is 0.296. The maximum atomic E-state index is 12.8. The molecule has 5 heterocycles. The van der Waals surface area contributed by atoms with Crippen LogP contribution in [-0.2, 0) is 13.6 Å². The van der Waals surface area contributed by atoms with Crippen LogP contribution in [0.15, 0.2) is 55.0 Å². The van der Waals surface area contributed by atoms with Gasteiger partial charge in [-0.1, -0.05) is 13.0 Å². The normalized spacial score (nSPS) is 17.6. The number of aryl methyl sites for hydroxylation is 1. The quantitative estimate of drug-likeness (QED) is 0.463. The van der Waals surface area contributed by atoms with Crippen LogP contribution in [0.5, 0.6) is 0 Å². The number of carbonyl (C=O) groups excluding carboxylic acids is 1. The number of nitrogens with one attached hydrogen (secondary N) is 2. The van der Waals surface area contributed by atoms with E-state index < -0.39 is 0 Å². The first kappa shape index (κ1) is 20.7. The molecule has 6 rings (SSSR count). The average molecular weight is 453 g/mol. The molecular weight excluding hydrogens is 424 g/mol. The van der Waals surface area contributed by atoms with E-state index in [1.807, 2.05) is 48.4 Å². The molecule has 1 saturated heterocycles. The van der Waals surface area contributed by atoms with Crippen LogP contribution in [0.2, 0.25) is 0 Å². The summed E-state index contributed by atoms with van der Waals surface area (Å²) in [4.78, 5) is 24.4. The van der Waals surface area contributed by atoms with Gasteiger partial charge in [0.15, 0.2) is 0 Å². The number of aromatic nitrogens is 3. The van der Waals surface area contributed by atoms with E-state index in [0.29, 0.717) is 18.0 Å². The summed E-state index contributed by atoms with van der Waals surface area (Å²) < 4.78 is 2.01. The fourth-order valence-corrected chi connectivity index (χ4v) is 5.31. The summed E-state index contributed by atoms with van der Waals surface area (Å²) >= 11 is 0. The number of fused-ring (bicyclic) bond motifs is 2. The third kappa shape index (κ3) is 3.48. The number of piperidine rings is 1. The number of amides is 1. The van der Waals surface area contributed by atoms with Crippen LogP contribution in [0.25, 0.3) is 22.2 Å². The number of carbonyl (C=O) groups is 1. The Bertz CT molecular complexity index is 1390.